The number of nitrogens with one attached hydrogen (secondary N) is 3. The molecule has 0 radical (unpaired) electrons. The van der Waals surface area contributed by atoms with Gasteiger partial charge in [0.15, 0.2) is 0 Å². The molecule has 0 aliphatic rings. The molecule has 0 aliphatic carbocycles. The molecule has 0 aromatic heterocycles. The van der Waals surface area contributed by atoms with E-state index < -0.39 is 31.6 Å². The molecule has 0 aliphatic heterocycles. The zero-order valence-corrected chi connectivity index (χ0v) is 47.0. The smallest absolute Gasteiger partial charge is 0.425 e. The molecule has 0 spiro atoms. The molecule has 0 saturated heterocycles. The molecule has 12 N–H and O–H groups in total. The van der Waals surface area contributed by atoms with E-state index in [0.29, 0.717) is 31.5 Å². The molecule has 64 heavy (non-hydrogen) atoms. The van der Waals surface area contributed by atoms with Crippen molar-refractivity contribution in [2.75, 3.05) is 144 Å². The summed E-state index contributed by atoms with van der Waals surface area (Å²) in [5, 5.41) is 8.97. The first-order valence-corrected chi connectivity index (χ1v) is 22.4. The van der Waals surface area contributed by atoms with E-state index in [1.54, 1.807) is 6.92 Å². The molecule has 394 valence electrons. The Balaban J connectivity index is -0.000000100. The average Bonchev–Trinajstić information content (AvgIpc) is 3.03. The van der Waals surface area contributed by atoms with E-state index in [1.165, 1.54) is 0 Å². The highest BCUT2D eigenvalue weighted by atomic mass is 35.5. The first kappa shape index (κ1) is 82.6. The molecule has 26 heteroatoms. The van der Waals surface area contributed by atoms with E-state index in [9.17, 15) is 35.8 Å². The lowest BCUT2D eigenvalue weighted by Gasteiger charge is -2.35. The standard InChI is InChI=1S/C22H46N4O2.C10H20N2O.C6H16N2.3ClH.2H3N.H2O8S2/c1-11-22(4,20(28)24-15-13-17-26(8,9)10)18-21(2,3)19(27)23-14-12-16-25(5,6)7;1-9(2)10(13)11-7-6-8-12(3,4)5;1-7(2)5-6-8(3)4;;;;;;1-9(2,3)7-8-10(4,5)6/h11-18H2,1-10H3;1,6-8H2,2-5H3;5-6H2,1-4H3;3*1H;2*1H3;(H,1,2,3)(H,4,5,6)/p+1. The predicted octanol–water partition coefficient (Wildman–Crippen LogP) is -6.91. The molecule has 21 nitrogen and oxygen atoms in total. The Kier molecular flexibility index (Phi) is 49.6. The summed E-state index contributed by atoms with van der Waals surface area (Å²) in [7, 11) is 17.3. The lowest BCUT2D eigenvalue weighted by molar-refractivity contribution is -0.870. The van der Waals surface area contributed by atoms with Gasteiger partial charge >= 0.3 is 10.4 Å². The lowest BCUT2D eigenvalue weighted by Crippen LogP contribution is -3.00. The van der Waals surface area contributed by atoms with Crippen molar-refractivity contribution in [3.05, 3.63) is 12.2 Å². The normalized spacial score (nSPS) is 12.3. The maximum Gasteiger partial charge on any atom is 0.425 e. The van der Waals surface area contributed by atoms with Gasteiger partial charge in [0.25, 0.3) is 0 Å². The minimum Gasteiger partial charge on any atom is -1.00 e. The predicted molar refractivity (Wildman–Crippen MR) is 246 cm³/mol. The first-order chi connectivity index (χ1) is 26.2. The van der Waals surface area contributed by atoms with Crippen LogP contribution in [0, 0.1) is 10.8 Å². The topological polar surface area (TPSA) is 297 Å². The first-order valence-electron chi connectivity index (χ1n) is 19.7. The van der Waals surface area contributed by atoms with Crippen molar-refractivity contribution in [3.8, 4) is 0 Å². The fourth-order valence-electron chi connectivity index (χ4n) is 4.76. The van der Waals surface area contributed by atoms with Gasteiger partial charge in [0.1, 0.15) is 0 Å². The highest BCUT2D eigenvalue weighted by molar-refractivity contribution is 7.83. The van der Waals surface area contributed by atoms with Gasteiger partial charge in [0.2, 0.25) is 28.1 Å². The van der Waals surface area contributed by atoms with Crippen LogP contribution >= 0.6 is 0 Å². The number of nitrogens with zero attached hydrogens (tertiary/aromatic N) is 5. The molecule has 1 atom stereocenters. The van der Waals surface area contributed by atoms with E-state index in [2.05, 4.69) is 133 Å². The van der Waals surface area contributed by atoms with Crippen LogP contribution in [0.4, 0.5) is 0 Å². The second-order valence-corrected chi connectivity index (χ2v) is 21.1. The van der Waals surface area contributed by atoms with Crippen LogP contribution in [-0.2, 0) is 43.8 Å². The Bertz CT molecular complexity index is 1420. The largest absolute Gasteiger partial charge is 1.00 e. The number of hydrogen-bond acceptors (Lipinski definition) is 12. The molecule has 3 amide bonds. The third-order valence-corrected chi connectivity index (χ3v) is 8.79. The number of carbonyl (C=O) groups is 3. The summed E-state index contributed by atoms with van der Waals surface area (Å²) in [6, 6.07) is 0. The Morgan fingerprint density at radius 3 is 1.20 bits per heavy atom. The molecule has 0 heterocycles. The van der Waals surface area contributed by atoms with E-state index >= 15 is 0 Å². The van der Waals surface area contributed by atoms with Gasteiger partial charge < -0.3 is 93.3 Å². The fraction of sp³-hybridized carbons (Fsp3) is 0.868. The Morgan fingerprint density at radius 2 is 0.969 bits per heavy atom. The minimum atomic E-state index is -5.27. The van der Waals surface area contributed by atoms with E-state index in [-0.39, 0.29) is 67.2 Å². The molecule has 0 bridgehead atoms. The second-order valence-electron chi connectivity index (χ2n) is 19.2. The summed E-state index contributed by atoms with van der Waals surface area (Å²) in [6.07, 6.45) is 4.15. The third-order valence-electron chi connectivity index (χ3n) is 8.23. The van der Waals surface area contributed by atoms with Gasteiger partial charge in [-0.2, -0.15) is 8.42 Å². The van der Waals surface area contributed by atoms with Crippen molar-refractivity contribution in [2.24, 2.45) is 10.8 Å². The lowest BCUT2D eigenvalue weighted by atomic mass is 9.71. The van der Waals surface area contributed by atoms with Gasteiger partial charge in [0.05, 0.1) is 83.1 Å². The van der Waals surface area contributed by atoms with Crippen LogP contribution < -0.4 is 65.5 Å². The number of likely N-dealkylation sites (N-methyl/N-ethyl adjacent to an activating group) is 2. The van der Waals surface area contributed by atoms with Gasteiger partial charge in [-0.25, -0.2) is 8.42 Å². The number of rotatable bonds is 24. The van der Waals surface area contributed by atoms with Crippen LogP contribution in [0.25, 0.3) is 0 Å². The quantitative estimate of drug-likeness (QED) is 0.00999. The average molecular weight is 1040 g/mol. The van der Waals surface area contributed by atoms with Crippen LogP contribution in [0.5, 0.6) is 0 Å². The number of carbonyl (C=O) groups excluding carboxylic acids is 3. The number of quaternary nitrogens is 5. The summed E-state index contributed by atoms with van der Waals surface area (Å²) < 4.78 is 62.9. The summed E-state index contributed by atoms with van der Waals surface area (Å²) >= 11 is 0. The maximum absolute atomic E-state index is 12.8. The van der Waals surface area contributed by atoms with Crippen molar-refractivity contribution in [1.29, 1.82) is 0 Å². The van der Waals surface area contributed by atoms with Crippen LogP contribution in [0.3, 0.4) is 0 Å². The summed E-state index contributed by atoms with van der Waals surface area (Å²) in [4.78, 5) is 41.0. The van der Waals surface area contributed by atoms with Crippen LogP contribution in [0.15, 0.2) is 12.2 Å². The molecule has 0 saturated carbocycles. The zero-order valence-electron chi connectivity index (χ0n) is 43.1. The summed E-state index contributed by atoms with van der Waals surface area (Å²) in [6.45, 7) is 20.7. The van der Waals surface area contributed by atoms with Gasteiger partial charge in [0, 0.05) is 68.4 Å². The van der Waals surface area contributed by atoms with Gasteiger partial charge in [-0.15, -0.1) is 0 Å². The van der Waals surface area contributed by atoms with E-state index in [1.807, 2.05) is 27.7 Å². The van der Waals surface area contributed by atoms with Gasteiger partial charge in [-0.05, 0) is 48.0 Å². The number of hydrogen-bond donors (Lipinski definition) is 6. The maximum atomic E-state index is 12.8. The minimum absolute atomic E-state index is 0. The molecule has 1 unspecified atom stereocenters. The summed E-state index contributed by atoms with van der Waals surface area (Å²) in [5.74, 6) is 0.0511. The molecular weight excluding hydrogens is 943 g/mol. The third kappa shape index (κ3) is 60.5. The molecular formula is C38H94Cl3N10O11S2+. The van der Waals surface area contributed by atoms with E-state index in [4.69, 9.17) is 4.55 Å². The van der Waals surface area contributed by atoms with Crippen molar-refractivity contribution in [3.63, 3.8) is 0 Å². The van der Waals surface area contributed by atoms with Crippen LogP contribution in [-0.4, -0.2) is 211 Å². The van der Waals surface area contributed by atoms with E-state index in [0.717, 1.165) is 72.0 Å². The monoisotopic (exact) mass is 1040 g/mol. The van der Waals surface area contributed by atoms with Crippen LogP contribution in [0.2, 0.25) is 0 Å². The van der Waals surface area contributed by atoms with Crippen molar-refractivity contribution in [2.45, 2.75) is 66.7 Å². The Morgan fingerprint density at radius 1 is 0.656 bits per heavy atom. The van der Waals surface area contributed by atoms with Gasteiger partial charge in [-0.3, -0.25) is 18.9 Å². The Labute approximate surface area is 408 Å². The number of amides is 3. The Hall–Kier alpha value is -1.52. The van der Waals surface area contributed by atoms with Gasteiger partial charge in [-0.1, -0.05) is 42.9 Å². The fourth-order valence-corrected chi connectivity index (χ4v) is 5.31. The highest BCUT2D eigenvalue weighted by Crippen LogP contribution is 2.37. The van der Waals surface area contributed by atoms with Crippen LogP contribution in [0.1, 0.15) is 66.7 Å². The molecule has 0 rings (SSSR count). The number of halogens is 3. The highest BCUT2D eigenvalue weighted by Gasteiger charge is 2.40. The van der Waals surface area contributed by atoms with Crippen molar-refractivity contribution >= 4 is 38.5 Å². The zero-order chi connectivity index (χ0) is 47.7. The molecule has 0 aromatic rings. The molecule has 0 fully saturated rings. The summed E-state index contributed by atoms with van der Waals surface area (Å²) in [5.41, 5.74) is -0.550. The van der Waals surface area contributed by atoms with Crippen molar-refractivity contribution < 1.29 is 99.7 Å². The van der Waals surface area contributed by atoms with Crippen molar-refractivity contribution in [1.82, 2.24) is 38.1 Å². The SMILES string of the molecule is C=C(C)C(=O)NCCC[N+](C)(C)C.CCC(C)(CC(C)(C)C(=O)NCCC[N+](C)(C)C)C(=O)NCCC[N+](C)(C)C.CN(C)CCN(C)C.O=S(=O)([O-])OOS(=O)(=O)O.[Cl-].[Cl-].[Cl-].[NH4+].[NH4+]. The second kappa shape index (κ2) is 38.4. The molecule has 0 aromatic carbocycles.